The summed E-state index contributed by atoms with van der Waals surface area (Å²) in [6, 6.07) is 0. The normalized spacial score (nSPS) is 9.70. The second kappa shape index (κ2) is 4.28. The van der Waals surface area contributed by atoms with Crippen LogP contribution in [0.5, 0.6) is 0 Å². The number of hydrogen-bond acceptors (Lipinski definition) is 3. The largest absolute Gasteiger partial charge is 0.245 e. The molecule has 0 amide bonds. The molecule has 0 spiro atoms. The smallest absolute Gasteiger partial charge is 0.115 e. The quantitative estimate of drug-likeness (QED) is 0.665. The van der Waals surface area contributed by atoms with Crippen LogP contribution in [0.4, 0.5) is 0 Å². The maximum absolute atomic E-state index is 4.11. The topological polar surface area (TPSA) is 25.8 Å². The summed E-state index contributed by atoms with van der Waals surface area (Å²) in [5, 5.41) is 0. The van der Waals surface area contributed by atoms with Crippen LogP contribution >= 0.6 is 12.6 Å². The van der Waals surface area contributed by atoms with E-state index in [1.54, 1.807) is 6.33 Å². The molecule has 0 aliphatic heterocycles. The van der Waals surface area contributed by atoms with E-state index in [2.05, 4.69) is 22.6 Å². The van der Waals surface area contributed by atoms with E-state index in [0.717, 1.165) is 18.6 Å². The summed E-state index contributed by atoms with van der Waals surface area (Å²) >= 11 is 4.11. The van der Waals surface area contributed by atoms with Gasteiger partial charge in [-0.3, -0.25) is 0 Å². The minimum absolute atomic E-state index is 0.925. The molecule has 0 unspecified atom stereocenters. The SMILES string of the molecule is SCCCc1cncnc1. The Kier molecular flexibility index (Phi) is 3.22. The standard InChI is InChI=1S/C7H10N2S/c10-3-1-2-7-4-8-6-9-5-7/h4-6,10H,1-3H2. The fraction of sp³-hybridized carbons (Fsp3) is 0.429. The molecule has 54 valence electrons. The summed E-state index contributed by atoms with van der Waals surface area (Å²) in [7, 11) is 0. The highest BCUT2D eigenvalue weighted by atomic mass is 32.1. The molecule has 0 fully saturated rings. The molecule has 0 bridgehead atoms. The average molecular weight is 154 g/mol. The zero-order chi connectivity index (χ0) is 7.23. The van der Waals surface area contributed by atoms with E-state index in [0.29, 0.717) is 0 Å². The molecule has 0 aromatic carbocycles. The highest BCUT2D eigenvalue weighted by molar-refractivity contribution is 7.80. The van der Waals surface area contributed by atoms with Crippen molar-refractivity contribution in [3.8, 4) is 0 Å². The third-order valence-corrected chi connectivity index (χ3v) is 1.55. The molecule has 0 N–H and O–H groups in total. The third-order valence-electron chi connectivity index (χ3n) is 1.24. The second-order valence-electron chi connectivity index (χ2n) is 2.07. The van der Waals surface area contributed by atoms with E-state index in [9.17, 15) is 0 Å². The molecule has 0 aliphatic rings. The predicted molar refractivity (Wildman–Crippen MR) is 44.2 cm³/mol. The zero-order valence-corrected chi connectivity index (χ0v) is 6.59. The number of hydrogen-bond donors (Lipinski definition) is 1. The molecule has 1 aromatic rings. The number of aryl methyl sites for hydroxylation is 1. The Labute approximate surface area is 66.1 Å². The van der Waals surface area contributed by atoms with Crippen molar-refractivity contribution in [2.75, 3.05) is 5.75 Å². The molecule has 0 saturated heterocycles. The molecular formula is C7H10N2S. The van der Waals surface area contributed by atoms with Gasteiger partial charge in [-0.15, -0.1) is 0 Å². The lowest BCUT2D eigenvalue weighted by atomic mass is 10.2. The van der Waals surface area contributed by atoms with E-state index in [1.807, 2.05) is 12.4 Å². The van der Waals surface area contributed by atoms with Gasteiger partial charge >= 0.3 is 0 Å². The Hall–Kier alpha value is -0.570. The van der Waals surface area contributed by atoms with Crippen LogP contribution < -0.4 is 0 Å². The van der Waals surface area contributed by atoms with Crippen LogP contribution in [0.1, 0.15) is 12.0 Å². The number of aromatic nitrogens is 2. The van der Waals surface area contributed by atoms with Gasteiger partial charge in [0.1, 0.15) is 6.33 Å². The Morgan fingerprint density at radius 3 is 2.60 bits per heavy atom. The molecule has 0 saturated carbocycles. The van der Waals surface area contributed by atoms with Gasteiger partial charge in [0.2, 0.25) is 0 Å². The van der Waals surface area contributed by atoms with Crippen LogP contribution in [-0.4, -0.2) is 15.7 Å². The Balaban J connectivity index is 2.43. The number of nitrogens with zero attached hydrogens (tertiary/aromatic N) is 2. The van der Waals surface area contributed by atoms with Crippen molar-refractivity contribution < 1.29 is 0 Å². The lowest BCUT2D eigenvalue weighted by molar-refractivity contribution is 0.912. The van der Waals surface area contributed by atoms with Crippen LogP contribution in [0.3, 0.4) is 0 Å². The number of rotatable bonds is 3. The maximum Gasteiger partial charge on any atom is 0.115 e. The molecule has 3 heteroatoms. The summed E-state index contributed by atoms with van der Waals surface area (Å²) < 4.78 is 0. The van der Waals surface area contributed by atoms with E-state index in [4.69, 9.17) is 0 Å². The van der Waals surface area contributed by atoms with E-state index < -0.39 is 0 Å². The van der Waals surface area contributed by atoms with Gasteiger partial charge in [0.25, 0.3) is 0 Å². The second-order valence-corrected chi connectivity index (χ2v) is 2.52. The van der Waals surface area contributed by atoms with Crippen molar-refractivity contribution in [3.63, 3.8) is 0 Å². The van der Waals surface area contributed by atoms with Crippen molar-refractivity contribution in [1.29, 1.82) is 0 Å². The van der Waals surface area contributed by atoms with Gasteiger partial charge in [-0.2, -0.15) is 12.6 Å². The average Bonchev–Trinajstić information content (AvgIpc) is 2.03. The first-order valence-corrected chi connectivity index (χ1v) is 3.91. The van der Waals surface area contributed by atoms with Crippen LogP contribution in [-0.2, 0) is 6.42 Å². The molecule has 1 heterocycles. The van der Waals surface area contributed by atoms with Crippen molar-refractivity contribution in [2.24, 2.45) is 0 Å². The minimum Gasteiger partial charge on any atom is -0.245 e. The van der Waals surface area contributed by atoms with Crippen LogP contribution in [0, 0.1) is 0 Å². The summed E-state index contributed by atoms with van der Waals surface area (Å²) in [4.78, 5) is 7.80. The van der Waals surface area contributed by atoms with Crippen LogP contribution in [0.25, 0.3) is 0 Å². The summed E-state index contributed by atoms with van der Waals surface area (Å²) in [6.07, 6.45) is 7.36. The summed E-state index contributed by atoms with van der Waals surface area (Å²) in [5.74, 6) is 0.925. The zero-order valence-electron chi connectivity index (χ0n) is 5.70. The summed E-state index contributed by atoms with van der Waals surface area (Å²) in [5.41, 5.74) is 1.19. The predicted octanol–water partition coefficient (Wildman–Crippen LogP) is 1.34. The first-order chi connectivity index (χ1) is 4.93. The van der Waals surface area contributed by atoms with Gasteiger partial charge in [-0.05, 0) is 24.2 Å². The highest BCUT2D eigenvalue weighted by Gasteiger charge is 1.89. The van der Waals surface area contributed by atoms with E-state index >= 15 is 0 Å². The lowest BCUT2D eigenvalue weighted by Crippen LogP contribution is -1.88. The minimum atomic E-state index is 0.925. The van der Waals surface area contributed by atoms with Crippen LogP contribution in [0.15, 0.2) is 18.7 Å². The number of thiol groups is 1. The maximum atomic E-state index is 4.11. The Bertz CT molecular complexity index is 176. The van der Waals surface area contributed by atoms with Crippen LogP contribution in [0.2, 0.25) is 0 Å². The monoisotopic (exact) mass is 154 g/mol. The molecule has 0 atom stereocenters. The molecule has 0 radical (unpaired) electrons. The summed E-state index contributed by atoms with van der Waals surface area (Å²) in [6.45, 7) is 0. The highest BCUT2D eigenvalue weighted by Crippen LogP contribution is 1.98. The Morgan fingerprint density at radius 2 is 2.00 bits per heavy atom. The molecule has 1 aromatic heterocycles. The van der Waals surface area contributed by atoms with E-state index in [-0.39, 0.29) is 0 Å². The fourth-order valence-electron chi connectivity index (χ4n) is 0.742. The first kappa shape index (κ1) is 7.54. The Morgan fingerprint density at radius 1 is 1.30 bits per heavy atom. The lowest BCUT2D eigenvalue weighted by Gasteiger charge is -1.94. The molecular weight excluding hydrogens is 144 g/mol. The fourth-order valence-corrected chi connectivity index (χ4v) is 0.900. The van der Waals surface area contributed by atoms with Gasteiger partial charge in [0.05, 0.1) is 0 Å². The van der Waals surface area contributed by atoms with Crippen molar-refractivity contribution in [3.05, 3.63) is 24.3 Å². The molecule has 10 heavy (non-hydrogen) atoms. The van der Waals surface area contributed by atoms with Crippen molar-refractivity contribution in [1.82, 2.24) is 9.97 Å². The van der Waals surface area contributed by atoms with Gasteiger partial charge in [0.15, 0.2) is 0 Å². The molecule has 0 aliphatic carbocycles. The van der Waals surface area contributed by atoms with Crippen molar-refractivity contribution >= 4 is 12.6 Å². The van der Waals surface area contributed by atoms with Crippen molar-refractivity contribution in [2.45, 2.75) is 12.8 Å². The van der Waals surface area contributed by atoms with Gasteiger partial charge in [0, 0.05) is 12.4 Å². The molecule has 1 rings (SSSR count). The first-order valence-electron chi connectivity index (χ1n) is 3.28. The van der Waals surface area contributed by atoms with Gasteiger partial charge < -0.3 is 0 Å². The molecule has 2 nitrogen and oxygen atoms in total. The van der Waals surface area contributed by atoms with Gasteiger partial charge in [-0.25, -0.2) is 9.97 Å². The van der Waals surface area contributed by atoms with E-state index in [1.165, 1.54) is 5.56 Å². The van der Waals surface area contributed by atoms with Gasteiger partial charge in [-0.1, -0.05) is 0 Å². The third kappa shape index (κ3) is 2.35.